The lowest BCUT2D eigenvalue weighted by Crippen LogP contribution is -2.41. The van der Waals surface area contributed by atoms with Gasteiger partial charge < -0.3 is 14.4 Å². The number of benzene rings is 2. The number of nitro groups is 1. The zero-order valence-electron chi connectivity index (χ0n) is 15.9. The highest BCUT2D eigenvalue weighted by atomic mass is 16.6. The lowest BCUT2D eigenvalue weighted by Gasteiger charge is -2.32. The van der Waals surface area contributed by atoms with Gasteiger partial charge in [0.15, 0.2) is 6.61 Å². The molecule has 2 aromatic rings. The molecule has 1 saturated heterocycles. The maximum absolute atomic E-state index is 12.4. The molecule has 148 valence electrons. The molecule has 0 aromatic heterocycles. The van der Waals surface area contributed by atoms with E-state index in [9.17, 15) is 14.9 Å². The number of nitro benzene ring substituents is 1. The molecule has 0 atom stereocenters. The number of nitrogens with zero attached hydrogens (tertiary/aromatic N) is 2. The summed E-state index contributed by atoms with van der Waals surface area (Å²) >= 11 is 0. The van der Waals surface area contributed by atoms with Gasteiger partial charge in [0.25, 0.3) is 5.91 Å². The topological polar surface area (TPSA) is 81.9 Å². The van der Waals surface area contributed by atoms with Crippen molar-refractivity contribution in [3.8, 4) is 11.5 Å². The van der Waals surface area contributed by atoms with Gasteiger partial charge in [0.1, 0.15) is 5.75 Å². The summed E-state index contributed by atoms with van der Waals surface area (Å²) in [6, 6.07) is 14.6. The Balaban J connectivity index is 1.48. The first-order valence-corrected chi connectivity index (χ1v) is 9.33. The molecule has 1 aliphatic rings. The second kappa shape index (κ2) is 9.21. The van der Waals surface area contributed by atoms with Crippen LogP contribution in [0.25, 0.3) is 0 Å². The summed E-state index contributed by atoms with van der Waals surface area (Å²) in [5.74, 6) is 0.994. The van der Waals surface area contributed by atoms with Gasteiger partial charge in [-0.3, -0.25) is 14.9 Å². The number of carbonyl (C=O) groups is 1. The average Bonchev–Trinajstić information content (AvgIpc) is 2.73. The summed E-state index contributed by atoms with van der Waals surface area (Å²) < 4.78 is 10.5. The molecule has 1 aliphatic heterocycles. The Morgan fingerprint density at radius 2 is 1.89 bits per heavy atom. The number of rotatable bonds is 7. The summed E-state index contributed by atoms with van der Waals surface area (Å²) in [5, 5.41) is 10.9. The van der Waals surface area contributed by atoms with Gasteiger partial charge in [-0.1, -0.05) is 30.3 Å². The van der Waals surface area contributed by atoms with Gasteiger partial charge in [-0.2, -0.15) is 0 Å². The Kier molecular flexibility index (Phi) is 6.47. The summed E-state index contributed by atoms with van der Waals surface area (Å²) in [5.41, 5.74) is 1.20. The number of hydrogen-bond acceptors (Lipinski definition) is 5. The fourth-order valence-corrected chi connectivity index (χ4v) is 3.47. The average molecular weight is 384 g/mol. The van der Waals surface area contributed by atoms with E-state index in [2.05, 4.69) is 24.3 Å². The number of carbonyl (C=O) groups excluding carboxylic acids is 1. The Bertz CT molecular complexity index is 817. The molecular weight excluding hydrogens is 360 g/mol. The van der Waals surface area contributed by atoms with Crippen LogP contribution in [0.3, 0.4) is 0 Å². The van der Waals surface area contributed by atoms with E-state index in [4.69, 9.17) is 9.47 Å². The van der Waals surface area contributed by atoms with Crippen molar-refractivity contribution in [1.82, 2.24) is 4.90 Å². The lowest BCUT2D eigenvalue weighted by atomic mass is 9.90. The molecule has 0 aliphatic carbocycles. The van der Waals surface area contributed by atoms with Gasteiger partial charge in [-0.15, -0.1) is 0 Å². The third-order valence-corrected chi connectivity index (χ3v) is 5.04. The molecule has 0 bridgehead atoms. The zero-order chi connectivity index (χ0) is 19.9. The van der Waals surface area contributed by atoms with E-state index in [1.807, 2.05) is 11.0 Å². The molecule has 7 heteroatoms. The minimum absolute atomic E-state index is 0.0736. The van der Waals surface area contributed by atoms with E-state index in [-0.39, 0.29) is 24.0 Å². The van der Waals surface area contributed by atoms with Crippen LogP contribution in [0.2, 0.25) is 0 Å². The van der Waals surface area contributed by atoms with Crippen LogP contribution in [0.1, 0.15) is 18.4 Å². The highest BCUT2D eigenvalue weighted by Gasteiger charge is 2.23. The molecular formula is C21H24N2O5. The fourth-order valence-electron chi connectivity index (χ4n) is 3.47. The molecule has 0 N–H and O–H groups in total. The maximum Gasteiger partial charge on any atom is 0.311 e. The van der Waals surface area contributed by atoms with Gasteiger partial charge in [0.2, 0.25) is 5.75 Å². The smallest absolute Gasteiger partial charge is 0.311 e. The van der Waals surface area contributed by atoms with Crippen LogP contribution in [-0.4, -0.2) is 42.5 Å². The highest BCUT2D eigenvalue weighted by Crippen LogP contribution is 2.30. The quantitative estimate of drug-likeness (QED) is 0.539. The number of likely N-dealkylation sites (tertiary alicyclic amines) is 1. The predicted octanol–water partition coefficient (Wildman–Crippen LogP) is 3.46. The Labute approximate surface area is 164 Å². The molecule has 1 heterocycles. The summed E-state index contributed by atoms with van der Waals surface area (Å²) in [7, 11) is 1.36. The third-order valence-electron chi connectivity index (χ3n) is 5.04. The molecule has 7 nitrogen and oxygen atoms in total. The van der Waals surface area contributed by atoms with E-state index in [0.717, 1.165) is 32.4 Å². The largest absolute Gasteiger partial charge is 0.490 e. The molecule has 2 aromatic carbocycles. The number of amides is 1. The van der Waals surface area contributed by atoms with Crippen LogP contribution in [0.5, 0.6) is 11.5 Å². The van der Waals surface area contributed by atoms with E-state index < -0.39 is 4.92 Å². The standard InChI is InChI=1S/C21H24N2O5/c1-27-20-14-18(7-8-19(20)23(25)26)28-15-21(24)22-11-9-17(10-12-22)13-16-5-3-2-4-6-16/h2-8,14,17H,9-13,15H2,1H3. The van der Waals surface area contributed by atoms with E-state index >= 15 is 0 Å². The first-order valence-electron chi connectivity index (χ1n) is 9.33. The second-order valence-corrected chi connectivity index (χ2v) is 6.89. The van der Waals surface area contributed by atoms with Crippen LogP contribution in [0.4, 0.5) is 5.69 Å². The van der Waals surface area contributed by atoms with Crippen LogP contribution in [0.15, 0.2) is 48.5 Å². The van der Waals surface area contributed by atoms with Crippen molar-refractivity contribution < 1.29 is 19.2 Å². The van der Waals surface area contributed by atoms with Crippen molar-refractivity contribution in [2.45, 2.75) is 19.3 Å². The lowest BCUT2D eigenvalue weighted by molar-refractivity contribution is -0.385. The van der Waals surface area contributed by atoms with Crippen molar-refractivity contribution in [3.63, 3.8) is 0 Å². The molecule has 1 fully saturated rings. The van der Waals surface area contributed by atoms with Gasteiger partial charge in [0, 0.05) is 25.2 Å². The van der Waals surface area contributed by atoms with Gasteiger partial charge >= 0.3 is 5.69 Å². The van der Waals surface area contributed by atoms with Crippen molar-refractivity contribution >= 4 is 11.6 Å². The number of methoxy groups -OCH3 is 1. The minimum atomic E-state index is -0.520. The Morgan fingerprint density at radius 3 is 2.54 bits per heavy atom. The number of hydrogen-bond donors (Lipinski definition) is 0. The fraction of sp³-hybridized carbons (Fsp3) is 0.381. The molecule has 3 rings (SSSR count). The monoisotopic (exact) mass is 384 g/mol. The third kappa shape index (κ3) is 5.00. The second-order valence-electron chi connectivity index (χ2n) is 6.89. The molecule has 0 saturated carbocycles. The van der Waals surface area contributed by atoms with Gasteiger partial charge in [-0.05, 0) is 36.8 Å². The molecule has 0 radical (unpaired) electrons. The molecule has 28 heavy (non-hydrogen) atoms. The SMILES string of the molecule is COc1cc(OCC(=O)N2CCC(Cc3ccccc3)CC2)ccc1[N+](=O)[O-]. The van der Waals surface area contributed by atoms with Crippen LogP contribution in [0, 0.1) is 16.0 Å². The van der Waals surface area contributed by atoms with Crippen molar-refractivity contribution in [2.75, 3.05) is 26.8 Å². The predicted molar refractivity (Wildman–Crippen MR) is 105 cm³/mol. The first kappa shape index (κ1) is 19.7. The first-order chi connectivity index (χ1) is 13.6. The number of piperidine rings is 1. The van der Waals surface area contributed by atoms with Crippen LogP contribution < -0.4 is 9.47 Å². The van der Waals surface area contributed by atoms with Crippen molar-refractivity contribution in [1.29, 1.82) is 0 Å². The zero-order valence-corrected chi connectivity index (χ0v) is 15.9. The van der Waals surface area contributed by atoms with E-state index in [1.165, 1.54) is 30.9 Å². The van der Waals surface area contributed by atoms with Gasteiger partial charge in [-0.25, -0.2) is 0 Å². The normalized spacial score (nSPS) is 14.5. The van der Waals surface area contributed by atoms with E-state index in [1.54, 1.807) is 0 Å². The highest BCUT2D eigenvalue weighted by molar-refractivity contribution is 5.77. The molecule has 0 spiro atoms. The summed E-state index contributed by atoms with van der Waals surface area (Å²) in [4.78, 5) is 24.7. The molecule has 1 amide bonds. The summed E-state index contributed by atoms with van der Waals surface area (Å²) in [6.45, 7) is 1.36. The van der Waals surface area contributed by atoms with Crippen LogP contribution >= 0.6 is 0 Å². The maximum atomic E-state index is 12.4. The number of ether oxygens (including phenoxy) is 2. The van der Waals surface area contributed by atoms with E-state index in [0.29, 0.717) is 11.7 Å². The van der Waals surface area contributed by atoms with Crippen LogP contribution in [-0.2, 0) is 11.2 Å². The van der Waals surface area contributed by atoms with Crippen molar-refractivity contribution in [2.24, 2.45) is 5.92 Å². The Hall–Kier alpha value is -3.09. The minimum Gasteiger partial charge on any atom is -0.490 e. The summed E-state index contributed by atoms with van der Waals surface area (Å²) in [6.07, 6.45) is 3.00. The molecule has 0 unspecified atom stereocenters. The Morgan fingerprint density at radius 1 is 1.18 bits per heavy atom. The van der Waals surface area contributed by atoms with Crippen molar-refractivity contribution in [3.05, 3.63) is 64.2 Å². The van der Waals surface area contributed by atoms with Gasteiger partial charge in [0.05, 0.1) is 12.0 Å².